The van der Waals surface area contributed by atoms with Gasteiger partial charge in [0.25, 0.3) is 0 Å². The van der Waals surface area contributed by atoms with Gasteiger partial charge in [-0.2, -0.15) is 0 Å². The third kappa shape index (κ3) is 4.22. The van der Waals surface area contributed by atoms with Gasteiger partial charge in [-0.15, -0.1) is 10.2 Å². The van der Waals surface area contributed by atoms with Gasteiger partial charge in [0, 0.05) is 16.3 Å². The predicted octanol–water partition coefficient (Wildman–Crippen LogP) is 3.63. The third-order valence-electron chi connectivity index (χ3n) is 2.65. The summed E-state index contributed by atoms with van der Waals surface area (Å²) in [7, 11) is 0. The third-order valence-corrected chi connectivity index (χ3v) is 6.04. The number of nitrogens with one attached hydrogen (secondary N) is 1. The molecule has 1 aromatic heterocycles. The topological polar surface area (TPSA) is 67.2 Å². The molecule has 0 aliphatic carbocycles. The Balaban J connectivity index is 1.56. The van der Waals surface area contributed by atoms with Crippen molar-refractivity contribution in [1.29, 1.82) is 0 Å². The molecule has 0 spiro atoms. The molecule has 1 N–H and O–H groups in total. The van der Waals surface area contributed by atoms with Gasteiger partial charge < -0.3 is 0 Å². The molecule has 0 saturated carbocycles. The number of benzene rings is 1. The van der Waals surface area contributed by atoms with E-state index in [1.807, 2.05) is 12.1 Å². The lowest BCUT2D eigenvalue weighted by molar-refractivity contribution is -0.113. The van der Waals surface area contributed by atoms with Gasteiger partial charge in [-0.1, -0.05) is 58.6 Å². The summed E-state index contributed by atoms with van der Waals surface area (Å²) in [6, 6.07) is 7.35. The molecule has 22 heavy (non-hydrogen) atoms. The summed E-state index contributed by atoms with van der Waals surface area (Å²) in [6.45, 7) is 0.843. The molecule has 0 bridgehead atoms. The van der Waals surface area contributed by atoms with Crippen molar-refractivity contribution in [3.05, 3.63) is 29.3 Å². The fourth-order valence-electron chi connectivity index (χ4n) is 1.67. The van der Waals surface area contributed by atoms with E-state index in [2.05, 4.69) is 20.5 Å². The quantitative estimate of drug-likeness (QED) is 0.890. The van der Waals surface area contributed by atoms with E-state index in [1.165, 1.54) is 23.1 Å². The minimum absolute atomic E-state index is 0.0981. The Labute approximate surface area is 145 Å². The van der Waals surface area contributed by atoms with Crippen LogP contribution in [0.2, 0.25) is 5.02 Å². The Kier molecular flexibility index (Phi) is 5.35. The fraction of sp³-hybridized carbons (Fsp3) is 0.231. The largest absolute Gasteiger partial charge is 0.300 e. The predicted molar refractivity (Wildman–Crippen MR) is 96.2 cm³/mol. The summed E-state index contributed by atoms with van der Waals surface area (Å²) in [5.41, 5.74) is 0.925. The minimum atomic E-state index is -0.0981. The average molecular weight is 371 g/mol. The molecule has 1 amide bonds. The van der Waals surface area contributed by atoms with E-state index in [1.54, 1.807) is 23.9 Å². The molecule has 0 radical (unpaired) electrons. The normalized spacial score (nSPS) is 14.0. The summed E-state index contributed by atoms with van der Waals surface area (Å²) in [4.78, 5) is 16.2. The SMILES string of the molecule is O=C(CSC1=NCCS1)Nc1nnc(-c2ccc(Cl)cc2)s1. The smallest absolute Gasteiger partial charge is 0.236 e. The second kappa shape index (κ2) is 7.45. The van der Waals surface area contributed by atoms with Crippen LogP contribution in [-0.4, -0.2) is 38.5 Å². The Morgan fingerprint density at radius 1 is 1.32 bits per heavy atom. The van der Waals surface area contributed by atoms with Crippen molar-refractivity contribution >= 4 is 61.9 Å². The molecule has 0 atom stereocenters. The number of anilines is 1. The number of halogens is 1. The average Bonchev–Trinajstić information content (AvgIpc) is 3.17. The number of carbonyl (C=O) groups excluding carboxylic acids is 1. The lowest BCUT2D eigenvalue weighted by Crippen LogP contribution is -2.14. The Bertz CT molecular complexity index is 702. The van der Waals surface area contributed by atoms with E-state index in [-0.39, 0.29) is 5.91 Å². The molecule has 114 valence electrons. The van der Waals surface area contributed by atoms with Crippen LogP contribution in [0, 0.1) is 0 Å². The number of nitrogens with zero attached hydrogens (tertiary/aromatic N) is 3. The molecule has 2 aromatic rings. The summed E-state index contributed by atoms with van der Waals surface area (Å²) >= 11 is 10.3. The van der Waals surface area contributed by atoms with E-state index in [4.69, 9.17) is 11.6 Å². The number of hydrogen-bond donors (Lipinski definition) is 1. The molecular weight excluding hydrogens is 360 g/mol. The van der Waals surface area contributed by atoms with Gasteiger partial charge in [-0.3, -0.25) is 15.1 Å². The van der Waals surface area contributed by atoms with Gasteiger partial charge in [-0.05, 0) is 12.1 Å². The van der Waals surface area contributed by atoms with E-state index >= 15 is 0 Å². The van der Waals surface area contributed by atoms with Gasteiger partial charge >= 0.3 is 0 Å². The first-order valence-electron chi connectivity index (χ1n) is 6.40. The molecule has 0 unspecified atom stereocenters. The molecule has 1 aliphatic heterocycles. The van der Waals surface area contributed by atoms with Crippen molar-refractivity contribution in [2.24, 2.45) is 4.99 Å². The van der Waals surface area contributed by atoms with E-state index in [9.17, 15) is 4.79 Å². The first-order chi connectivity index (χ1) is 10.7. The highest BCUT2D eigenvalue weighted by Crippen LogP contribution is 2.27. The maximum absolute atomic E-state index is 11.9. The number of hydrogen-bond acceptors (Lipinski definition) is 7. The fourth-order valence-corrected chi connectivity index (χ4v) is 4.37. The number of carbonyl (C=O) groups is 1. The van der Waals surface area contributed by atoms with Gasteiger partial charge in [0.05, 0.1) is 12.3 Å². The minimum Gasteiger partial charge on any atom is -0.300 e. The maximum Gasteiger partial charge on any atom is 0.236 e. The van der Waals surface area contributed by atoms with Crippen LogP contribution in [0.25, 0.3) is 10.6 Å². The van der Waals surface area contributed by atoms with Crippen LogP contribution >= 0.6 is 46.5 Å². The van der Waals surface area contributed by atoms with Crippen LogP contribution in [0.3, 0.4) is 0 Å². The monoisotopic (exact) mass is 370 g/mol. The van der Waals surface area contributed by atoms with E-state index < -0.39 is 0 Å². The second-order valence-electron chi connectivity index (χ2n) is 4.25. The van der Waals surface area contributed by atoms with Gasteiger partial charge in [0.1, 0.15) is 9.38 Å². The van der Waals surface area contributed by atoms with Crippen LogP contribution < -0.4 is 5.32 Å². The molecule has 3 rings (SSSR count). The lowest BCUT2D eigenvalue weighted by Gasteiger charge is -2.00. The number of aromatic nitrogens is 2. The highest BCUT2D eigenvalue weighted by Gasteiger charge is 2.13. The van der Waals surface area contributed by atoms with E-state index in [0.717, 1.165) is 27.2 Å². The lowest BCUT2D eigenvalue weighted by atomic mass is 10.2. The molecule has 5 nitrogen and oxygen atoms in total. The maximum atomic E-state index is 11.9. The van der Waals surface area contributed by atoms with Gasteiger partial charge in [0.2, 0.25) is 11.0 Å². The zero-order valence-electron chi connectivity index (χ0n) is 11.3. The zero-order chi connectivity index (χ0) is 15.4. The van der Waals surface area contributed by atoms with Crippen molar-refractivity contribution < 1.29 is 4.79 Å². The number of aliphatic imine (C=N–C) groups is 1. The molecule has 0 fully saturated rings. The highest BCUT2D eigenvalue weighted by atomic mass is 35.5. The summed E-state index contributed by atoms with van der Waals surface area (Å²) < 4.78 is 0.981. The summed E-state index contributed by atoms with van der Waals surface area (Å²) in [5, 5.41) is 12.8. The van der Waals surface area contributed by atoms with Crippen LogP contribution in [-0.2, 0) is 4.79 Å². The van der Waals surface area contributed by atoms with Crippen LogP contribution in [0.1, 0.15) is 0 Å². The Morgan fingerprint density at radius 3 is 2.86 bits per heavy atom. The molecule has 1 aliphatic rings. The first kappa shape index (κ1) is 15.8. The van der Waals surface area contributed by atoms with E-state index in [0.29, 0.717) is 15.9 Å². The first-order valence-corrected chi connectivity index (χ1v) is 9.56. The zero-order valence-corrected chi connectivity index (χ0v) is 14.5. The summed E-state index contributed by atoms with van der Waals surface area (Å²) in [5.74, 6) is 1.24. The Morgan fingerprint density at radius 2 is 2.14 bits per heavy atom. The van der Waals surface area contributed by atoms with Crippen LogP contribution in [0.15, 0.2) is 29.3 Å². The number of thioether (sulfide) groups is 2. The van der Waals surface area contributed by atoms with Crippen molar-refractivity contribution in [1.82, 2.24) is 10.2 Å². The summed E-state index contributed by atoms with van der Waals surface area (Å²) in [6.07, 6.45) is 0. The molecular formula is C13H11ClN4OS3. The number of rotatable bonds is 4. The molecule has 2 heterocycles. The standard InChI is InChI=1S/C13H11ClN4OS3/c14-9-3-1-8(2-4-9)11-17-18-12(22-11)16-10(19)7-21-13-15-5-6-20-13/h1-4H,5-7H2,(H,16,18,19). The highest BCUT2D eigenvalue weighted by molar-refractivity contribution is 8.39. The Hall–Kier alpha value is -1.09. The van der Waals surface area contributed by atoms with Crippen molar-refractivity contribution in [2.75, 3.05) is 23.4 Å². The van der Waals surface area contributed by atoms with Crippen molar-refractivity contribution in [2.45, 2.75) is 0 Å². The van der Waals surface area contributed by atoms with Crippen molar-refractivity contribution in [3.8, 4) is 10.6 Å². The van der Waals surface area contributed by atoms with Crippen LogP contribution in [0.4, 0.5) is 5.13 Å². The molecule has 9 heteroatoms. The van der Waals surface area contributed by atoms with Crippen molar-refractivity contribution in [3.63, 3.8) is 0 Å². The second-order valence-corrected chi connectivity index (χ2v) is 7.97. The molecule has 0 saturated heterocycles. The van der Waals surface area contributed by atoms with Gasteiger partial charge in [0.15, 0.2) is 0 Å². The van der Waals surface area contributed by atoms with Crippen LogP contribution in [0.5, 0.6) is 0 Å². The molecule has 1 aromatic carbocycles. The van der Waals surface area contributed by atoms with Gasteiger partial charge in [-0.25, -0.2) is 0 Å². The number of amides is 1.